The number of hydrogen-bond donors (Lipinski definition) is 1. The summed E-state index contributed by atoms with van der Waals surface area (Å²) in [5, 5.41) is 9.57. The van der Waals surface area contributed by atoms with Gasteiger partial charge in [0, 0.05) is 7.11 Å². The van der Waals surface area contributed by atoms with Gasteiger partial charge in [-0.2, -0.15) is 0 Å². The van der Waals surface area contributed by atoms with Gasteiger partial charge in [0.2, 0.25) is 0 Å². The molecule has 20 heavy (non-hydrogen) atoms. The molecule has 0 aliphatic heterocycles. The molecule has 0 amide bonds. The molecule has 0 bridgehead atoms. The van der Waals surface area contributed by atoms with Gasteiger partial charge < -0.3 is 9.84 Å². The van der Waals surface area contributed by atoms with Crippen LogP contribution in [0, 0.1) is 18.8 Å². The zero-order valence-electron chi connectivity index (χ0n) is 12.3. The summed E-state index contributed by atoms with van der Waals surface area (Å²) in [5.74, 6) is -0.741. The van der Waals surface area contributed by atoms with Crippen LogP contribution < -0.4 is 0 Å². The van der Waals surface area contributed by atoms with E-state index >= 15 is 0 Å². The average Bonchev–Trinajstić information content (AvgIpc) is 2.44. The van der Waals surface area contributed by atoms with E-state index in [1.54, 1.807) is 7.11 Å². The highest BCUT2D eigenvalue weighted by Crippen LogP contribution is 2.33. The molecule has 1 fully saturated rings. The van der Waals surface area contributed by atoms with Crippen LogP contribution in [0.25, 0.3) is 0 Å². The molecule has 1 aromatic carbocycles. The minimum absolute atomic E-state index is 0.228. The number of rotatable bonds is 5. The Morgan fingerprint density at radius 3 is 2.90 bits per heavy atom. The second-order valence-corrected chi connectivity index (χ2v) is 5.92. The molecule has 0 aromatic heterocycles. The van der Waals surface area contributed by atoms with Crippen molar-refractivity contribution in [3.63, 3.8) is 0 Å². The molecule has 0 spiro atoms. The van der Waals surface area contributed by atoms with Gasteiger partial charge in [-0.15, -0.1) is 0 Å². The molecule has 0 heterocycles. The normalized spacial score (nSPS) is 24.3. The van der Waals surface area contributed by atoms with E-state index in [9.17, 15) is 9.90 Å². The second-order valence-electron chi connectivity index (χ2n) is 5.92. The number of aryl methyl sites for hydroxylation is 1. The number of aliphatic carboxylic acids is 1. The van der Waals surface area contributed by atoms with E-state index in [2.05, 4.69) is 6.07 Å². The quantitative estimate of drug-likeness (QED) is 0.896. The van der Waals surface area contributed by atoms with Gasteiger partial charge in [-0.05, 0) is 44.1 Å². The minimum Gasteiger partial charge on any atom is -0.481 e. The van der Waals surface area contributed by atoms with Crippen molar-refractivity contribution < 1.29 is 14.6 Å². The number of benzene rings is 1. The Morgan fingerprint density at radius 1 is 1.45 bits per heavy atom. The Hall–Kier alpha value is -1.35. The molecule has 0 radical (unpaired) electrons. The largest absolute Gasteiger partial charge is 0.481 e. The van der Waals surface area contributed by atoms with Crippen LogP contribution in [0.15, 0.2) is 24.3 Å². The van der Waals surface area contributed by atoms with Gasteiger partial charge in [0.1, 0.15) is 0 Å². The maximum absolute atomic E-state index is 11.6. The lowest BCUT2D eigenvalue weighted by atomic mass is 9.76. The van der Waals surface area contributed by atoms with Crippen LogP contribution in [-0.2, 0) is 16.0 Å². The minimum atomic E-state index is -0.673. The van der Waals surface area contributed by atoms with Gasteiger partial charge >= 0.3 is 5.97 Å². The number of carbonyl (C=O) groups is 1. The van der Waals surface area contributed by atoms with E-state index in [0.717, 1.165) is 31.2 Å². The SMILES string of the molecule is COC1CCCC(C(Cc2cccc(C)c2)C(=O)O)C1. The van der Waals surface area contributed by atoms with Crippen molar-refractivity contribution >= 4 is 5.97 Å². The topological polar surface area (TPSA) is 46.5 Å². The molecule has 110 valence electrons. The van der Waals surface area contributed by atoms with E-state index in [0.29, 0.717) is 6.42 Å². The summed E-state index contributed by atoms with van der Waals surface area (Å²) in [6, 6.07) is 8.16. The van der Waals surface area contributed by atoms with Crippen molar-refractivity contribution in [1.29, 1.82) is 0 Å². The van der Waals surface area contributed by atoms with Crippen molar-refractivity contribution in [2.24, 2.45) is 11.8 Å². The third-order valence-electron chi connectivity index (χ3n) is 4.42. The fourth-order valence-corrected chi connectivity index (χ4v) is 3.31. The highest BCUT2D eigenvalue weighted by Gasteiger charge is 2.32. The van der Waals surface area contributed by atoms with Crippen LogP contribution in [0.3, 0.4) is 0 Å². The molecule has 1 aromatic rings. The summed E-state index contributed by atoms with van der Waals surface area (Å²) in [4.78, 5) is 11.6. The molecule has 3 nitrogen and oxygen atoms in total. The van der Waals surface area contributed by atoms with Crippen molar-refractivity contribution in [2.75, 3.05) is 7.11 Å². The predicted molar refractivity (Wildman–Crippen MR) is 78.8 cm³/mol. The Kier molecular flexibility index (Phi) is 5.18. The van der Waals surface area contributed by atoms with Crippen LogP contribution >= 0.6 is 0 Å². The first-order valence-corrected chi connectivity index (χ1v) is 7.41. The Bertz CT molecular complexity index is 455. The van der Waals surface area contributed by atoms with Crippen LogP contribution in [0.4, 0.5) is 0 Å². The number of carboxylic acids is 1. The highest BCUT2D eigenvalue weighted by molar-refractivity contribution is 5.70. The van der Waals surface area contributed by atoms with Gasteiger partial charge in [0.05, 0.1) is 12.0 Å². The Morgan fingerprint density at radius 2 is 2.25 bits per heavy atom. The van der Waals surface area contributed by atoms with E-state index in [-0.39, 0.29) is 17.9 Å². The maximum Gasteiger partial charge on any atom is 0.307 e. The molecule has 3 unspecified atom stereocenters. The summed E-state index contributed by atoms with van der Waals surface area (Å²) in [6.07, 6.45) is 4.86. The maximum atomic E-state index is 11.6. The van der Waals surface area contributed by atoms with E-state index in [4.69, 9.17) is 4.74 Å². The highest BCUT2D eigenvalue weighted by atomic mass is 16.5. The molecule has 3 atom stereocenters. The Balaban J connectivity index is 2.09. The van der Waals surface area contributed by atoms with Crippen molar-refractivity contribution in [1.82, 2.24) is 0 Å². The molecule has 1 saturated carbocycles. The van der Waals surface area contributed by atoms with E-state index in [1.807, 2.05) is 25.1 Å². The average molecular weight is 276 g/mol. The fraction of sp³-hybridized carbons (Fsp3) is 0.588. The van der Waals surface area contributed by atoms with Crippen LogP contribution in [-0.4, -0.2) is 24.3 Å². The summed E-state index contributed by atoms with van der Waals surface area (Å²) in [7, 11) is 1.73. The molecule has 3 heteroatoms. The summed E-state index contributed by atoms with van der Waals surface area (Å²) >= 11 is 0. The molecule has 1 aliphatic carbocycles. The van der Waals surface area contributed by atoms with Crippen molar-refractivity contribution in [2.45, 2.75) is 45.1 Å². The number of carboxylic acid groups (broad SMARTS) is 1. The second kappa shape index (κ2) is 6.89. The number of methoxy groups -OCH3 is 1. The zero-order valence-corrected chi connectivity index (χ0v) is 12.3. The van der Waals surface area contributed by atoms with Gasteiger partial charge in [-0.25, -0.2) is 0 Å². The van der Waals surface area contributed by atoms with Gasteiger partial charge in [-0.3, -0.25) is 4.79 Å². The molecular formula is C17H24O3. The third kappa shape index (κ3) is 3.83. The molecule has 1 N–H and O–H groups in total. The molecule has 2 rings (SSSR count). The van der Waals surface area contributed by atoms with Crippen LogP contribution in [0.2, 0.25) is 0 Å². The van der Waals surface area contributed by atoms with Crippen LogP contribution in [0.1, 0.15) is 36.8 Å². The van der Waals surface area contributed by atoms with Gasteiger partial charge in [0.25, 0.3) is 0 Å². The van der Waals surface area contributed by atoms with Crippen molar-refractivity contribution in [3.8, 4) is 0 Å². The van der Waals surface area contributed by atoms with Gasteiger partial charge in [0.15, 0.2) is 0 Å². The van der Waals surface area contributed by atoms with E-state index < -0.39 is 5.97 Å². The fourth-order valence-electron chi connectivity index (χ4n) is 3.31. The summed E-state index contributed by atoms with van der Waals surface area (Å²) in [5.41, 5.74) is 2.31. The lowest BCUT2D eigenvalue weighted by molar-refractivity contribution is -0.144. The number of ether oxygens (including phenoxy) is 1. The van der Waals surface area contributed by atoms with Crippen molar-refractivity contribution in [3.05, 3.63) is 35.4 Å². The molecule has 0 saturated heterocycles. The van der Waals surface area contributed by atoms with Crippen LogP contribution in [0.5, 0.6) is 0 Å². The third-order valence-corrected chi connectivity index (χ3v) is 4.42. The lowest BCUT2D eigenvalue weighted by Crippen LogP contribution is -2.32. The summed E-state index contributed by atoms with van der Waals surface area (Å²) in [6.45, 7) is 2.04. The predicted octanol–water partition coefficient (Wildman–Crippen LogP) is 3.44. The number of hydrogen-bond acceptors (Lipinski definition) is 2. The summed E-state index contributed by atoms with van der Waals surface area (Å²) < 4.78 is 5.43. The lowest BCUT2D eigenvalue weighted by Gasteiger charge is -2.32. The Labute approximate surface area is 121 Å². The molecule has 1 aliphatic rings. The van der Waals surface area contributed by atoms with Gasteiger partial charge in [-0.1, -0.05) is 36.2 Å². The molecular weight excluding hydrogens is 252 g/mol. The zero-order chi connectivity index (χ0) is 14.5. The first kappa shape index (κ1) is 15.0. The smallest absolute Gasteiger partial charge is 0.307 e. The first-order valence-electron chi connectivity index (χ1n) is 7.41. The first-order chi connectivity index (χ1) is 9.60. The monoisotopic (exact) mass is 276 g/mol. The standard InChI is InChI=1S/C17H24O3/c1-12-5-3-6-13(9-12)10-16(17(18)19)14-7-4-8-15(11-14)20-2/h3,5-6,9,14-16H,4,7-8,10-11H2,1-2H3,(H,18,19). The van der Waals surface area contributed by atoms with E-state index in [1.165, 1.54) is 5.56 Å².